The second-order valence-electron chi connectivity index (χ2n) is 6.61. The van der Waals surface area contributed by atoms with Crippen LogP contribution in [0.4, 0.5) is 0 Å². The maximum atomic E-state index is 11.9. The minimum atomic E-state index is -0.520. The Morgan fingerprint density at radius 1 is 1.14 bits per heavy atom. The topological polar surface area (TPSA) is 53.4 Å². The van der Waals surface area contributed by atoms with Crippen LogP contribution >= 0.6 is 0 Å². The lowest BCUT2D eigenvalue weighted by Gasteiger charge is -2.32. The number of aryl methyl sites for hydroxylation is 1. The van der Waals surface area contributed by atoms with Gasteiger partial charge in [0, 0.05) is 12.6 Å². The molecule has 21 heavy (non-hydrogen) atoms. The Bertz CT molecular complexity index is 538. The molecule has 0 saturated carbocycles. The summed E-state index contributed by atoms with van der Waals surface area (Å²) in [4.78, 5) is 11.9. The van der Waals surface area contributed by atoms with E-state index in [1.807, 2.05) is 27.7 Å². The lowest BCUT2D eigenvalue weighted by Crippen LogP contribution is -2.41. The van der Waals surface area contributed by atoms with E-state index >= 15 is 0 Å². The first-order chi connectivity index (χ1) is 9.77. The van der Waals surface area contributed by atoms with E-state index in [2.05, 4.69) is 12.0 Å². The van der Waals surface area contributed by atoms with Gasteiger partial charge in [-0.3, -0.25) is 4.79 Å². The largest absolute Gasteiger partial charge is 0.516 e. The molecule has 6 heteroatoms. The van der Waals surface area contributed by atoms with Crippen molar-refractivity contribution in [3.63, 3.8) is 0 Å². The van der Waals surface area contributed by atoms with E-state index in [4.69, 9.17) is 9.31 Å². The number of nitrogens with zero attached hydrogens (tertiary/aromatic N) is 2. The van der Waals surface area contributed by atoms with Crippen LogP contribution in [-0.4, -0.2) is 28.1 Å². The van der Waals surface area contributed by atoms with Crippen LogP contribution in [0, 0.1) is 0 Å². The van der Waals surface area contributed by atoms with Crippen LogP contribution in [-0.2, 0) is 15.9 Å². The normalized spacial score (nSPS) is 20.0. The van der Waals surface area contributed by atoms with Crippen LogP contribution in [0.3, 0.4) is 0 Å². The molecule has 0 unspecified atom stereocenters. The smallest absolute Gasteiger partial charge is 0.398 e. The molecule has 0 radical (unpaired) electrons. The highest BCUT2D eigenvalue weighted by Gasteiger charge is 2.52. The van der Waals surface area contributed by atoms with Gasteiger partial charge in [-0.05, 0) is 40.2 Å². The van der Waals surface area contributed by atoms with E-state index < -0.39 is 18.3 Å². The van der Waals surface area contributed by atoms with Crippen molar-refractivity contribution < 1.29 is 9.31 Å². The standard InChI is InChI=1S/C15H25BN2O3/c1-6-7-8-11-18-13(19)10-9-12(17-18)16-20-14(2,3)15(4,5)21-16/h9-10H,6-8,11H2,1-5H3. The molecule has 1 fully saturated rings. The number of hydrogen-bond donors (Lipinski definition) is 0. The number of hydrogen-bond acceptors (Lipinski definition) is 4. The Hall–Kier alpha value is -1.14. The summed E-state index contributed by atoms with van der Waals surface area (Å²) in [7, 11) is -0.520. The van der Waals surface area contributed by atoms with Crippen LogP contribution < -0.4 is 11.2 Å². The van der Waals surface area contributed by atoms with E-state index in [0.717, 1.165) is 19.3 Å². The molecule has 0 atom stereocenters. The van der Waals surface area contributed by atoms with Gasteiger partial charge in [0.25, 0.3) is 5.56 Å². The molecule has 0 bridgehead atoms. The summed E-state index contributed by atoms with van der Waals surface area (Å²) in [6.07, 6.45) is 3.16. The maximum absolute atomic E-state index is 11.9. The second kappa shape index (κ2) is 5.93. The van der Waals surface area contributed by atoms with E-state index in [0.29, 0.717) is 12.1 Å². The molecule has 1 saturated heterocycles. The predicted molar refractivity (Wildman–Crippen MR) is 83.7 cm³/mol. The van der Waals surface area contributed by atoms with Gasteiger partial charge in [-0.25, -0.2) is 4.68 Å². The Morgan fingerprint density at radius 3 is 2.33 bits per heavy atom. The van der Waals surface area contributed by atoms with E-state index in [1.54, 1.807) is 12.1 Å². The van der Waals surface area contributed by atoms with Gasteiger partial charge in [0.2, 0.25) is 0 Å². The van der Waals surface area contributed by atoms with Gasteiger partial charge in [-0.2, -0.15) is 5.10 Å². The summed E-state index contributed by atoms with van der Waals surface area (Å²) >= 11 is 0. The third kappa shape index (κ3) is 3.38. The molecule has 5 nitrogen and oxygen atoms in total. The molecule has 0 spiro atoms. The summed E-state index contributed by atoms with van der Waals surface area (Å²) in [6.45, 7) is 10.8. The summed E-state index contributed by atoms with van der Waals surface area (Å²) in [6, 6.07) is 3.24. The molecule has 0 amide bonds. The number of rotatable bonds is 5. The summed E-state index contributed by atoms with van der Waals surface area (Å²) in [5.41, 5.74) is -0.221. The average molecular weight is 292 g/mol. The first-order valence-corrected chi connectivity index (χ1v) is 7.70. The monoisotopic (exact) mass is 292 g/mol. The van der Waals surface area contributed by atoms with Crippen molar-refractivity contribution >= 4 is 12.7 Å². The molecule has 1 aromatic rings. The molecule has 1 aliphatic heterocycles. The highest BCUT2D eigenvalue weighted by Crippen LogP contribution is 2.36. The molecular formula is C15H25BN2O3. The Labute approximate surface area is 126 Å². The molecule has 2 rings (SSSR count). The number of unbranched alkanes of at least 4 members (excludes halogenated alkanes) is 2. The van der Waals surface area contributed by atoms with Crippen molar-refractivity contribution in [2.24, 2.45) is 0 Å². The Kier molecular flexibility index (Phi) is 4.59. The molecule has 116 valence electrons. The fraction of sp³-hybridized carbons (Fsp3) is 0.733. The minimum absolute atomic E-state index is 0.0774. The van der Waals surface area contributed by atoms with E-state index in [9.17, 15) is 4.79 Å². The van der Waals surface area contributed by atoms with Crippen molar-refractivity contribution in [1.29, 1.82) is 0 Å². The fourth-order valence-electron chi connectivity index (χ4n) is 2.23. The van der Waals surface area contributed by atoms with Crippen LogP contribution in [0.2, 0.25) is 0 Å². The van der Waals surface area contributed by atoms with Crippen LogP contribution in [0.5, 0.6) is 0 Å². The van der Waals surface area contributed by atoms with Crippen molar-refractivity contribution in [3.05, 3.63) is 22.5 Å². The van der Waals surface area contributed by atoms with Gasteiger partial charge in [0.1, 0.15) is 0 Å². The van der Waals surface area contributed by atoms with Gasteiger partial charge in [-0.15, -0.1) is 0 Å². The quantitative estimate of drug-likeness (QED) is 0.612. The minimum Gasteiger partial charge on any atom is -0.398 e. The second-order valence-corrected chi connectivity index (χ2v) is 6.61. The molecule has 0 aromatic carbocycles. The van der Waals surface area contributed by atoms with Gasteiger partial charge in [0.15, 0.2) is 0 Å². The Balaban J connectivity index is 2.18. The molecule has 1 aromatic heterocycles. The van der Waals surface area contributed by atoms with Crippen LogP contribution in [0.15, 0.2) is 16.9 Å². The molecule has 0 N–H and O–H groups in total. The summed E-state index contributed by atoms with van der Waals surface area (Å²) < 4.78 is 13.5. The molecule has 1 aliphatic rings. The van der Waals surface area contributed by atoms with Crippen LogP contribution in [0.1, 0.15) is 53.9 Å². The zero-order valence-corrected chi connectivity index (χ0v) is 13.7. The zero-order chi connectivity index (χ0) is 15.7. The third-order valence-electron chi connectivity index (χ3n) is 4.36. The van der Waals surface area contributed by atoms with Gasteiger partial charge in [-0.1, -0.05) is 19.8 Å². The predicted octanol–water partition coefficient (Wildman–Crippen LogP) is 1.73. The maximum Gasteiger partial charge on any atom is 0.516 e. The SMILES string of the molecule is CCCCCn1nc(B2OC(C)(C)C(C)(C)O2)ccc1=O. The summed E-state index contributed by atoms with van der Waals surface area (Å²) in [5.74, 6) is 0. The lowest BCUT2D eigenvalue weighted by atomic mass is 9.85. The number of aromatic nitrogens is 2. The highest BCUT2D eigenvalue weighted by molar-refractivity contribution is 6.61. The first kappa shape index (κ1) is 16.2. The van der Waals surface area contributed by atoms with Gasteiger partial charge >= 0.3 is 7.12 Å². The fourth-order valence-corrected chi connectivity index (χ4v) is 2.23. The van der Waals surface area contributed by atoms with E-state index in [1.165, 1.54) is 4.68 Å². The zero-order valence-electron chi connectivity index (χ0n) is 13.7. The molecule has 2 heterocycles. The molecule has 0 aliphatic carbocycles. The van der Waals surface area contributed by atoms with E-state index in [-0.39, 0.29) is 5.56 Å². The third-order valence-corrected chi connectivity index (χ3v) is 4.36. The van der Waals surface area contributed by atoms with Crippen molar-refractivity contribution in [2.75, 3.05) is 0 Å². The highest BCUT2D eigenvalue weighted by atomic mass is 16.7. The van der Waals surface area contributed by atoms with Crippen molar-refractivity contribution in [2.45, 2.75) is 71.6 Å². The van der Waals surface area contributed by atoms with Crippen molar-refractivity contribution in [1.82, 2.24) is 9.78 Å². The van der Waals surface area contributed by atoms with Crippen LogP contribution in [0.25, 0.3) is 0 Å². The van der Waals surface area contributed by atoms with Gasteiger partial charge < -0.3 is 9.31 Å². The molecular weight excluding hydrogens is 267 g/mol. The summed E-state index contributed by atoms with van der Waals surface area (Å²) in [5, 5.41) is 4.41. The lowest BCUT2D eigenvalue weighted by molar-refractivity contribution is 0.00578. The average Bonchev–Trinajstić information content (AvgIpc) is 2.61. The Morgan fingerprint density at radius 2 is 1.76 bits per heavy atom. The van der Waals surface area contributed by atoms with Crippen molar-refractivity contribution in [3.8, 4) is 0 Å². The first-order valence-electron chi connectivity index (χ1n) is 7.70. The van der Waals surface area contributed by atoms with Gasteiger partial charge in [0.05, 0.1) is 16.8 Å².